The predicted molar refractivity (Wildman–Crippen MR) is 93.4 cm³/mol. The Morgan fingerprint density at radius 1 is 1.17 bits per heavy atom. The molecule has 3 rings (SSSR count). The lowest BCUT2D eigenvalue weighted by Gasteiger charge is -2.03. The number of nitro groups is 1. The Morgan fingerprint density at radius 3 is 2.67 bits per heavy atom. The van der Waals surface area contributed by atoms with Crippen LogP contribution in [0.4, 0.5) is 11.4 Å². The number of nitrogens with one attached hydrogen (secondary N) is 1. The summed E-state index contributed by atoms with van der Waals surface area (Å²) in [6.45, 7) is 3.55. The van der Waals surface area contributed by atoms with E-state index in [-0.39, 0.29) is 11.2 Å². The quantitative estimate of drug-likeness (QED) is 0.451. The zero-order valence-corrected chi connectivity index (χ0v) is 13.2. The standard InChI is InChI=1S/C18H15N3O3/c1-11-8-9-13(21(23)24)10-16(11)19-12(2)17-14-6-4-3-5-7-15(14)20-18(17)22/h3-10H,1-2H3,(H,20,22). The first-order valence-electron chi connectivity index (χ1n) is 7.39. The second kappa shape index (κ2) is 6.08. The zero-order chi connectivity index (χ0) is 17.3. The number of non-ortho nitro benzene ring substituents is 1. The van der Waals surface area contributed by atoms with Crippen molar-refractivity contribution < 1.29 is 4.92 Å². The molecule has 0 fully saturated rings. The average molecular weight is 321 g/mol. The molecule has 1 heterocycles. The molecule has 0 atom stereocenters. The van der Waals surface area contributed by atoms with Gasteiger partial charge in [-0.05, 0) is 25.5 Å². The predicted octanol–water partition coefficient (Wildman–Crippen LogP) is 3.84. The highest BCUT2D eigenvalue weighted by molar-refractivity contribution is 6.05. The van der Waals surface area contributed by atoms with Crippen LogP contribution in [-0.4, -0.2) is 15.6 Å². The van der Waals surface area contributed by atoms with Crippen molar-refractivity contribution in [3.8, 4) is 11.3 Å². The van der Waals surface area contributed by atoms with Gasteiger partial charge in [0.2, 0.25) is 0 Å². The fraction of sp³-hybridized carbons (Fsp3) is 0.111. The lowest BCUT2D eigenvalue weighted by molar-refractivity contribution is -0.384. The Labute approximate surface area is 138 Å². The number of aromatic amines is 1. The van der Waals surface area contributed by atoms with Gasteiger partial charge in [-0.3, -0.25) is 19.9 Å². The molecule has 1 N–H and O–H groups in total. The first-order chi connectivity index (χ1) is 11.5. The van der Waals surface area contributed by atoms with Crippen molar-refractivity contribution in [1.29, 1.82) is 0 Å². The highest BCUT2D eigenvalue weighted by Gasteiger charge is 2.17. The van der Waals surface area contributed by atoms with Gasteiger partial charge in [-0.1, -0.05) is 30.3 Å². The fourth-order valence-corrected chi connectivity index (χ4v) is 2.61. The van der Waals surface area contributed by atoms with Crippen molar-refractivity contribution in [1.82, 2.24) is 4.98 Å². The summed E-state index contributed by atoms with van der Waals surface area (Å²) < 4.78 is 0. The molecule has 6 heteroatoms. The number of hydrogen-bond donors (Lipinski definition) is 1. The minimum absolute atomic E-state index is 0.0279. The Bertz CT molecular complexity index is 989. The van der Waals surface area contributed by atoms with Gasteiger partial charge in [-0.2, -0.15) is 0 Å². The maximum absolute atomic E-state index is 12.3. The van der Waals surface area contributed by atoms with E-state index < -0.39 is 4.92 Å². The van der Waals surface area contributed by atoms with Crippen LogP contribution in [0, 0.1) is 17.0 Å². The van der Waals surface area contributed by atoms with Crippen LogP contribution in [0.1, 0.15) is 18.1 Å². The van der Waals surface area contributed by atoms with Crippen LogP contribution in [0.2, 0.25) is 0 Å². The molecule has 24 heavy (non-hydrogen) atoms. The third-order valence-electron chi connectivity index (χ3n) is 3.84. The summed E-state index contributed by atoms with van der Waals surface area (Å²) in [6, 6.07) is 13.8. The summed E-state index contributed by atoms with van der Waals surface area (Å²) in [7, 11) is 0. The van der Waals surface area contributed by atoms with Gasteiger partial charge in [-0.15, -0.1) is 0 Å². The van der Waals surface area contributed by atoms with Crippen molar-refractivity contribution in [3.05, 3.63) is 80.1 Å². The maximum Gasteiger partial charge on any atom is 0.271 e. The lowest BCUT2D eigenvalue weighted by Crippen LogP contribution is -2.10. The Hall–Kier alpha value is -3.28. The molecule has 0 unspecified atom stereocenters. The summed E-state index contributed by atoms with van der Waals surface area (Å²) >= 11 is 0. The molecule has 0 amide bonds. The normalized spacial score (nSPS) is 11.7. The summed E-state index contributed by atoms with van der Waals surface area (Å²) in [6.07, 6.45) is 0. The van der Waals surface area contributed by atoms with Gasteiger partial charge in [0.1, 0.15) is 0 Å². The van der Waals surface area contributed by atoms with Crippen LogP contribution in [0.15, 0.2) is 58.3 Å². The zero-order valence-electron chi connectivity index (χ0n) is 13.2. The van der Waals surface area contributed by atoms with E-state index in [1.807, 2.05) is 37.3 Å². The molecule has 1 aromatic rings. The molecule has 120 valence electrons. The van der Waals surface area contributed by atoms with Crippen molar-refractivity contribution in [3.63, 3.8) is 0 Å². The summed E-state index contributed by atoms with van der Waals surface area (Å²) in [5.41, 5.74) is 3.53. The van der Waals surface area contributed by atoms with Gasteiger partial charge >= 0.3 is 0 Å². The van der Waals surface area contributed by atoms with E-state index in [0.717, 1.165) is 16.8 Å². The van der Waals surface area contributed by atoms with Crippen LogP contribution in [-0.2, 0) is 0 Å². The molecule has 0 saturated heterocycles. The summed E-state index contributed by atoms with van der Waals surface area (Å²) in [4.78, 5) is 30.1. The second-order valence-electron chi connectivity index (χ2n) is 5.49. The van der Waals surface area contributed by atoms with Gasteiger partial charge in [-0.25, -0.2) is 0 Å². The van der Waals surface area contributed by atoms with Gasteiger partial charge < -0.3 is 4.98 Å². The van der Waals surface area contributed by atoms with Crippen molar-refractivity contribution in [2.75, 3.05) is 0 Å². The van der Waals surface area contributed by atoms with Crippen LogP contribution < -0.4 is 5.56 Å². The molecule has 0 spiro atoms. The number of H-pyrrole nitrogens is 1. The van der Waals surface area contributed by atoms with Gasteiger partial charge in [0.15, 0.2) is 0 Å². The molecule has 0 radical (unpaired) electrons. The number of aliphatic imine (C=N–C) groups is 1. The minimum atomic E-state index is -0.460. The van der Waals surface area contributed by atoms with E-state index in [2.05, 4.69) is 9.98 Å². The summed E-state index contributed by atoms with van der Waals surface area (Å²) in [5.74, 6) is 0. The number of rotatable bonds is 3. The van der Waals surface area contributed by atoms with Crippen molar-refractivity contribution in [2.24, 2.45) is 4.99 Å². The van der Waals surface area contributed by atoms with E-state index >= 15 is 0 Å². The molecule has 1 aliphatic heterocycles. The number of nitrogens with zero attached hydrogens (tertiary/aromatic N) is 2. The third-order valence-corrected chi connectivity index (χ3v) is 3.84. The highest BCUT2D eigenvalue weighted by Crippen LogP contribution is 2.27. The third kappa shape index (κ3) is 2.81. The van der Waals surface area contributed by atoms with Gasteiger partial charge in [0.25, 0.3) is 11.2 Å². The number of fused-ring (bicyclic) bond motifs is 1. The topological polar surface area (TPSA) is 88.4 Å². The van der Waals surface area contributed by atoms with Crippen molar-refractivity contribution in [2.45, 2.75) is 13.8 Å². The molecule has 6 nitrogen and oxygen atoms in total. The molecule has 2 aliphatic rings. The lowest BCUT2D eigenvalue weighted by atomic mass is 10.1. The fourth-order valence-electron chi connectivity index (χ4n) is 2.61. The maximum atomic E-state index is 12.3. The minimum Gasteiger partial charge on any atom is -0.321 e. The summed E-state index contributed by atoms with van der Waals surface area (Å²) in [5, 5.41) is 10.9. The Morgan fingerprint density at radius 2 is 1.92 bits per heavy atom. The molecular formula is C18H15N3O3. The van der Waals surface area contributed by atoms with E-state index in [1.54, 1.807) is 13.0 Å². The second-order valence-corrected chi connectivity index (χ2v) is 5.49. The number of aromatic nitrogens is 1. The van der Waals surface area contributed by atoms with Gasteiger partial charge in [0, 0.05) is 23.4 Å². The number of aryl methyl sites for hydroxylation is 1. The van der Waals surface area contributed by atoms with Crippen LogP contribution >= 0.6 is 0 Å². The van der Waals surface area contributed by atoms with Crippen LogP contribution in [0.25, 0.3) is 11.3 Å². The SMILES string of the molecule is CC(=Nc1cc([N+](=O)[O-])ccc1C)c1c2cccccc-2[nH]c1=O. The first-order valence-corrected chi connectivity index (χ1v) is 7.39. The Kier molecular flexibility index (Phi) is 3.95. The van der Waals surface area contributed by atoms with Crippen LogP contribution in [0.5, 0.6) is 0 Å². The molecule has 1 aromatic carbocycles. The highest BCUT2D eigenvalue weighted by atomic mass is 16.6. The molecule has 0 bridgehead atoms. The monoisotopic (exact) mass is 321 g/mol. The molecule has 0 saturated carbocycles. The van der Waals surface area contributed by atoms with Gasteiger partial charge in [0.05, 0.1) is 21.9 Å². The number of hydrogen-bond acceptors (Lipinski definition) is 4. The smallest absolute Gasteiger partial charge is 0.271 e. The molecular weight excluding hydrogens is 306 g/mol. The molecule has 1 aliphatic carbocycles. The number of benzene rings is 1. The average Bonchev–Trinajstić information content (AvgIpc) is 2.69. The van der Waals surface area contributed by atoms with E-state index in [9.17, 15) is 14.9 Å². The van der Waals surface area contributed by atoms with Crippen molar-refractivity contribution >= 4 is 17.1 Å². The van der Waals surface area contributed by atoms with Crippen LogP contribution in [0.3, 0.4) is 0 Å². The van der Waals surface area contributed by atoms with E-state index in [0.29, 0.717) is 17.0 Å². The first kappa shape index (κ1) is 15.6. The van der Waals surface area contributed by atoms with E-state index in [1.165, 1.54) is 12.1 Å². The molecule has 0 aromatic heterocycles. The Balaban J connectivity index is 2.15. The largest absolute Gasteiger partial charge is 0.321 e. The number of nitro benzene ring substituents is 1. The van der Waals surface area contributed by atoms with E-state index in [4.69, 9.17) is 0 Å².